The van der Waals surface area contributed by atoms with Gasteiger partial charge in [-0.05, 0) is 36.3 Å². The van der Waals surface area contributed by atoms with Crippen molar-refractivity contribution >= 4 is 25.2 Å². The van der Waals surface area contributed by atoms with Crippen LogP contribution < -0.4 is 5.19 Å². The number of benzene rings is 1. The number of rotatable bonds is 7. The molecule has 2 bridgehead atoms. The van der Waals surface area contributed by atoms with Gasteiger partial charge in [0.05, 0.1) is 19.0 Å². The Hall–Kier alpha value is -1.69. The molecule has 1 aromatic carbocycles. The first-order chi connectivity index (χ1) is 12.4. The van der Waals surface area contributed by atoms with E-state index >= 15 is 0 Å². The van der Waals surface area contributed by atoms with Crippen LogP contribution in [0.1, 0.15) is 52.0 Å². The molecule has 2 aliphatic rings. The molecule has 3 unspecified atom stereocenters. The lowest BCUT2D eigenvalue weighted by molar-refractivity contribution is -0.384. The molecule has 0 spiro atoms. The first-order valence-electron chi connectivity index (χ1n) is 9.99. The van der Waals surface area contributed by atoms with Gasteiger partial charge in [-0.15, -0.1) is 0 Å². The van der Waals surface area contributed by atoms with Gasteiger partial charge in [-0.2, -0.15) is 0 Å². The molecular weight excluding hydrogens is 344 g/mol. The van der Waals surface area contributed by atoms with Gasteiger partial charge in [0.25, 0.3) is 5.69 Å². The highest BCUT2D eigenvalue weighted by molar-refractivity contribution is 6.92. The van der Waals surface area contributed by atoms with Gasteiger partial charge in [0.2, 0.25) is 0 Å². The second-order valence-electron chi connectivity index (χ2n) is 8.05. The molecule has 6 heteroatoms. The maximum Gasteiger partial charge on any atom is 0.270 e. The Balaban J connectivity index is 2.00. The Morgan fingerprint density at radius 1 is 1.23 bits per heavy atom. The first-order valence-corrected chi connectivity index (χ1v) is 12.6. The van der Waals surface area contributed by atoms with E-state index in [4.69, 9.17) is 4.99 Å². The van der Waals surface area contributed by atoms with Gasteiger partial charge in [-0.3, -0.25) is 15.1 Å². The lowest BCUT2D eigenvalue weighted by Crippen LogP contribution is -2.46. The quantitative estimate of drug-likeness (QED) is 0.327. The van der Waals surface area contributed by atoms with E-state index in [0.29, 0.717) is 17.5 Å². The van der Waals surface area contributed by atoms with Gasteiger partial charge in [0.1, 0.15) is 5.75 Å². The fourth-order valence-electron chi connectivity index (χ4n) is 5.14. The van der Waals surface area contributed by atoms with Crippen molar-refractivity contribution in [3.63, 3.8) is 0 Å². The number of hydrogen-bond donors (Lipinski definition) is 1. The number of phenols is 1. The van der Waals surface area contributed by atoms with E-state index in [0.717, 1.165) is 35.7 Å². The summed E-state index contributed by atoms with van der Waals surface area (Å²) in [6.07, 6.45) is 6.67. The summed E-state index contributed by atoms with van der Waals surface area (Å²) in [7, 11) is -1.94. The summed E-state index contributed by atoms with van der Waals surface area (Å²) >= 11 is 0. The second-order valence-corrected chi connectivity index (χ2v) is 13.3. The zero-order valence-corrected chi connectivity index (χ0v) is 17.1. The smallest absolute Gasteiger partial charge is 0.270 e. The van der Waals surface area contributed by atoms with Crippen molar-refractivity contribution in [3.05, 3.63) is 27.8 Å². The average molecular weight is 375 g/mol. The third kappa shape index (κ3) is 3.31. The van der Waals surface area contributed by atoms with Crippen molar-refractivity contribution in [3.8, 4) is 5.75 Å². The number of hydrogen-bond acceptors (Lipinski definition) is 4. The number of fused-ring (bicyclic) bond motifs is 2. The van der Waals surface area contributed by atoms with Crippen LogP contribution in [-0.4, -0.2) is 30.4 Å². The highest BCUT2D eigenvalue weighted by Gasteiger charge is 2.39. The Bertz CT molecular complexity index is 707. The zero-order chi connectivity index (χ0) is 18.9. The van der Waals surface area contributed by atoms with E-state index < -0.39 is 8.07 Å². The first kappa shape index (κ1) is 19.1. The second kappa shape index (κ2) is 7.51. The molecule has 2 fully saturated rings. The van der Waals surface area contributed by atoms with Crippen molar-refractivity contribution < 1.29 is 10.0 Å². The molecule has 2 saturated carbocycles. The highest BCUT2D eigenvalue weighted by Crippen LogP contribution is 2.46. The van der Waals surface area contributed by atoms with Gasteiger partial charge in [0, 0.05) is 23.9 Å². The maximum atomic E-state index is 11.5. The van der Waals surface area contributed by atoms with Crippen molar-refractivity contribution in [2.75, 3.05) is 0 Å². The minimum atomic E-state index is -1.94. The fraction of sp³-hybridized carbons (Fsp3) is 0.650. The molecular formula is C20H30N2O3Si. The molecule has 26 heavy (non-hydrogen) atoms. The van der Waals surface area contributed by atoms with E-state index in [2.05, 4.69) is 20.8 Å². The van der Waals surface area contributed by atoms with E-state index in [9.17, 15) is 15.2 Å². The Morgan fingerprint density at radius 3 is 2.42 bits per heavy atom. The lowest BCUT2D eigenvalue weighted by atomic mass is 9.96. The zero-order valence-electron chi connectivity index (χ0n) is 16.1. The van der Waals surface area contributed by atoms with Crippen LogP contribution in [0.25, 0.3) is 0 Å². The van der Waals surface area contributed by atoms with E-state index in [-0.39, 0.29) is 16.4 Å². The van der Waals surface area contributed by atoms with Crippen LogP contribution in [0.2, 0.25) is 18.1 Å². The predicted molar refractivity (Wildman–Crippen MR) is 108 cm³/mol. The fourth-order valence-corrected chi connectivity index (χ4v) is 8.88. The molecule has 142 valence electrons. The summed E-state index contributed by atoms with van der Waals surface area (Å²) in [4.78, 5) is 15.9. The van der Waals surface area contributed by atoms with E-state index in [1.54, 1.807) is 12.3 Å². The van der Waals surface area contributed by atoms with E-state index in [1.807, 2.05) is 0 Å². The number of aromatic hydroxyl groups is 1. The average Bonchev–Trinajstić information content (AvgIpc) is 3.26. The molecule has 3 atom stereocenters. The van der Waals surface area contributed by atoms with Crippen LogP contribution in [0.15, 0.2) is 17.1 Å². The summed E-state index contributed by atoms with van der Waals surface area (Å²) < 4.78 is 0. The number of nitro groups is 1. The SMILES string of the molecule is CC[Si](CC)(CC)c1cc([N+](=O)[O-])cc(C=NC2CC3CCC2C3)c1O. The van der Waals surface area contributed by atoms with Crippen LogP contribution in [0.4, 0.5) is 5.69 Å². The monoisotopic (exact) mass is 374 g/mol. The summed E-state index contributed by atoms with van der Waals surface area (Å²) in [5.41, 5.74) is 0.587. The van der Waals surface area contributed by atoms with Gasteiger partial charge in [-0.1, -0.05) is 45.3 Å². The summed E-state index contributed by atoms with van der Waals surface area (Å²) in [5, 5.41) is 23.2. The standard InChI is InChI=1S/C20H30N2O3Si/c1-4-26(5-2,6-3)19-12-17(22(24)25)11-16(20(19)23)13-21-18-10-14-7-8-15(18)9-14/h11-15,18,23H,4-10H2,1-3H3. The number of nitrogens with zero attached hydrogens (tertiary/aromatic N) is 2. The minimum absolute atomic E-state index is 0.0689. The number of nitro benzene ring substituents is 1. The van der Waals surface area contributed by atoms with Crippen LogP contribution in [0.5, 0.6) is 5.75 Å². The third-order valence-electron chi connectivity index (χ3n) is 7.04. The molecule has 0 saturated heterocycles. The number of non-ortho nitro benzene ring substituents is 1. The summed E-state index contributed by atoms with van der Waals surface area (Å²) in [6, 6.07) is 6.33. The van der Waals surface area contributed by atoms with Gasteiger partial charge in [0.15, 0.2) is 0 Å². The summed E-state index contributed by atoms with van der Waals surface area (Å²) in [5.74, 6) is 1.68. The Morgan fingerprint density at radius 2 is 1.92 bits per heavy atom. The normalized spacial score (nSPS) is 25.3. The van der Waals surface area contributed by atoms with Crippen molar-refractivity contribution in [2.24, 2.45) is 16.8 Å². The molecule has 1 aromatic rings. The molecule has 0 heterocycles. The van der Waals surface area contributed by atoms with E-state index in [1.165, 1.54) is 25.3 Å². The van der Waals surface area contributed by atoms with Gasteiger partial charge < -0.3 is 5.11 Å². The van der Waals surface area contributed by atoms with Crippen molar-refractivity contribution in [1.82, 2.24) is 0 Å². The van der Waals surface area contributed by atoms with Crippen LogP contribution in [-0.2, 0) is 0 Å². The molecule has 2 aliphatic carbocycles. The molecule has 0 radical (unpaired) electrons. The largest absolute Gasteiger partial charge is 0.507 e. The third-order valence-corrected chi connectivity index (χ3v) is 12.6. The summed E-state index contributed by atoms with van der Waals surface area (Å²) in [6.45, 7) is 6.42. The molecule has 3 rings (SSSR count). The molecule has 1 N–H and O–H groups in total. The Kier molecular flexibility index (Phi) is 5.51. The predicted octanol–water partition coefficient (Wildman–Crippen LogP) is 4.62. The van der Waals surface area contributed by atoms with Gasteiger partial charge >= 0.3 is 0 Å². The minimum Gasteiger partial charge on any atom is -0.507 e. The molecule has 0 aromatic heterocycles. The topological polar surface area (TPSA) is 75.7 Å². The van der Waals surface area contributed by atoms with Crippen LogP contribution in [0, 0.1) is 22.0 Å². The molecule has 0 aliphatic heterocycles. The van der Waals surface area contributed by atoms with Gasteiger partial charge in [-0.25, -0.2) is 0 Å². The molecule has 5 nitrogen and oxygen atoms in total. The maximum absolute atomic E-state index is 11.5. The van der Waals surface area contributed by atoms with Crippen LogP contribution >= 0.6 is 0 Å². The van der Waals surface area contributed by atoms with Crippen LogP contribution in [0.3, 0.4) is 0 Å². The number of aliphatic imine (C=N–C) groups is 1. The number of phenolic OH excluding ortho intramolecular Hbond substituents is 1. The lowest BCUT2D eigenvalue weighted by Gasteiger charge is -2.29. The van der Waals surface area contributed by atoms with Crippen molar-refractivity contribution in [2.45, 2.75) is 70.6 Å². The molecule has 0 amide bonds. The highest BCUT2D eigenvalue weighted by atomic mass is 28.3. The van der Waals surface area contributed by atoms with Crippen molar-refractivity contribution in [1.29, 1.82) is 0 Å². The Labute approximate surface area is 156 Å².